The minimum atomic E-state index is -0.268. The molecule has 0 bridgehead atoms. The van der Waals surface area contributed by atoms with Crippen molar-refractivity contribution >= 4 is 17.5 Å². The molecule has 2 aromatic rings. The summed E-state index contributed by atoms with van der Waals surface area (Å²) in [5.41, 5.74) is 3.66. The van der Waals surface area contributed by atoms with Crippen molar-refractivity contribution in [2.45, 2.75) is 47.0 Å². The third-order valence-corrected chi connectivity index (χ3v) is 4.44. The fourth-order valence-electron chi connectivity index (χ4n) is 2.79. The first-order valence-electron chi connectivity index (χ1n) is 9.43. The molecule has 2 amide bonds. The van der Waals surface area contributed by atoms with Gasteiger partial charge in [0, 0.05) is 24.6 Å². The molecule has 5 nitrogen and oxygen atoms in total. The summed E-state index contributed by atoms with van der Waals surface area (Å²) in [6.45, 7) is 11.0. The molecule has 1 aromatic heterocycles. The Balaban J connectivity index is 2.15. The van der Waals surface area contributed by atoms with Crippen molar-refractivity contribution < 1.29 is 9.59 Å². The number of aromatic nitrogens is 1. The highest BCUT2D eigenvalue weighted by Gasteiger charge is 2.15. The number of hydrogen-bond acceptors (Lipinski definition) is 3. The van der Waals surface area contributed by atoms with Crippen molar-refractivity contribution in [3.05, 3.63) is 58.9 Å². The standard InChI is InChI=1S/C22H29N3O2/c1-14(2)9-10-24-21(26)17-11-18(13-23-12-17)22(27)25-20-16(5)7-6-8-19(20)15(3)4/h6-8,11-15H,9-10H2,1-5H3,(H,24,26)(H,25,27). The van der Waals surface area contributed by atoms with Crippen LogP contribution >= 0.6 is 0 Å². The number of para-hydroxylation sites is 1. The van der Waals surface area contributed by atoms with E-state index in [-0.39, 0.29) is 17.7 Å². The van der Waals surface area contributed by atoms with Crippen molar-refractivity contribution in [3.63, 3.8) is 0 Å². The van der Waals surface area contributed by atoms with Crippen molar-refractivity contribution in [1.82, 2.24) is 10.3 Å². The lowest BCUT2D eigenvalue weighted by Crippen LogP contribution is -2.26. The third kappa shape index (κ3) is 5.64. The number of aryl methyl sites for hydroxylation is 1. The van der Waals surface area contributed by atoms with Crippen LogP contribution in [0, 0.1) is 12.8 Å². The second-order valence-corrected chi connectivity index (χ2v) is 7.55. The summed E-state index contributed by atoms with van der Waals surface area (Å²) in [5, 5.41) is 5.86. The molecule has 0 fully saturated rings. The Kier molecular flexibility index (Phi) is 7.11. The van der Waals surface area contributed by atoms with Crippen molar-refractivity contribution in [2.24, 2.45) is 5.92 Å². The van der Waals surface area contributed by atoms with E-state index in [9.17, 15) is 9.59 Å². The minimum absolute atomic E-state index is 0.212. The van der Waals surface area contributed by atoms with Gasteiger partial charge in [-0.3, -0.25) is 14.6 Å². The zero-order valence-corrected chi connectivity index (χ0v) is 16.8. The molecule has 2 N–H and O–H groups in total. The summed E-state index contributed by atoms with van der Waals surface area (Å²) in [6.07, 6.45) is 3.87. The van der Waals surface area contributed by atoms with Crippen LogP contribution in [0.3, 0.4) is 0 Å². The molecule has 0 aliphatic heterocycles. The molecule has 0 saturated heterocycles. The quantitative estimate of drug-likeness (QED) is 0.754. The number of rotatable bonds is 7. The highest BCUT2D eigenvalue weighted by Crippen LogP contribution is 2.27. The number of pyridine rings is 1. The SMILES string of the molecule is Cc1cccc(C(C)C)c1NC(=O)c1cncc(C(=O)NCCC(C)C)c1. The monoisotopic (exact) mass is 367 g/mol. The van der Waals surface area contributed by atoms with Crippen LogP contribution < -0.4 is 10.6 Å². The first-order valence-corrected chi connectivity index (χ1v) is 9.43. The molecule has 27 heavy (non-hydrogen) atoms. The minimum Gasteiger partial charge on any atom is -0.352 e. The largest absolute Gasteiger partial charge is 0.352 e. The van der Waals surface area contributed by atoms with E-state index in [1.807, 2.05) is 25.1 Å². The third-order valence-electron chi connectivity index (χ3n) is 4.44. The van der Waals surface area contributed by atoms with Gasteiger partial charge in [-0.15, -0.1) is 0 Å². The van der Waals surface area contributed by atoms with Crippen molar-refractivity contribution in [3.8, 4) is 0 Å². The van der Waals surface area contributed by atoms with E-state index >= 15 is 0 Å². The smallest absolute Gasteiger partial charge is 0.257 e. The van der Waals surface area contributed by atoms with Gasteiger partial charge in [0.25, 0.3) is 11.8 Å². The Bertz CT molecular complexity index is 813. The predicted octanol–water partition coefficient (Wildman–Crippen LogP) is 4.54. The maximum atomic E-state index is 12.7. The number of anilines is 1. The Morgan fingerprint density at radius 1 is 1.04 bits per heavy atom. The molecule has 1 heterocycles. The van der Waals surface area contributed by atoms with Crippen LogP contribution in [0.2, 0.25) is 0 Å². The molecule has 1 aromatic carbocycles. The molecule has 0 aliphatic carbocycles. The number of benzene rings is 1. The average molecular weight is 367 g/mol. The van der Waals surface area contributed by atoms with Crippen molar-refractivity contribution in [1.29, 1.82) is 0 Å². The Morgan fingerprint density at radius 3 is 2.33 bits per heavy atom. The van der Waals surface area contributed by atoms with E-state index in [0.29, 0.717) is 23.6 Å². The lowest BCUT2D eigenvalue weighted by molar-refractivity contribution is 0.0951. The van der Waals surface area contributed by atoms with Gasteiger partial charge >= 0.3 is 0 Å². The Hall–Kier alpha value is -2.69. The predicted molar refractivity (Wildman–Crippen MR) is 109 cm³/mol. The van der Waals surface area contributed by atoms with Gasteiger partial charge in [0.15, 0.2) is 0 Å². The molecule has 0 unspecified atom stereocenters. The molecule has 5 heteroatoms. The van der Waals surface area contributed by atoms with E-state index in [0.717, 1.165) is 23.2 Å². The summed E-state index contributed by atoms with van der Waals surface area (Å²) < 4.78 is 0. The fraction of sp³-hybridized carbons (Fsp3) is 0.409. The Labute approximate surface area is 161 Å². The second kappa shape index (κ2) is 9.31. The van der Waals surface area contributed by atoms with Gasteiger partial charge in [-0.25, -0.2) is 0 Å². The number of amides is 2. The number of carbonyl (C=O) groups excluding carboxylic acids is 2. The van der Waals surface area contributed by atoms with Gasteiger partial charge in [0.2, 0.25) is 0 Å². The van der Waals surface area contributed by atoms with Gasteiger partial charge < -0.3 is 10.6 Å². The molecule has 0 aliphatic rings. The summed E-state index contributed by atoms with van der Waals surface area (Å²) in [6, 6.07) is 7.56. The molecule has 0 spiro atoms. The first kappa shape index (κ1) is 20.6. The van der Waals surface area contributed by atoms with Crippen LogP contribution in [0.1, 0.15) is 71.9 Å². The number of hydrogen-bond donors (Lipinski definition) is 2. The average Bonchev–Trinajstić information content (AvgIpc) is 2.62. The maximum absolute atomic E-state index is 12.7. The van der Waals surface area contributed by atoms with Crippen LogP contribution in [0.4, 0.5) is 5.69 Å². The Morgan fingerprint density at radius 2 is 1.70 bits per heavy atom. The molecule has 0 saturated carbocycles. The topological polar surface area (TPSA) is 71.1 Å². The van der Waals surface area contributed by atoms with E-state index in [1.165, 1.54) is 12.4 Å². The first-order chi connectivity index (χ1) is 12.8. The van der Waals surface area contributed by atoms with Crippen LogP contribution in [0.5, 0.6) is 0 Å². The zero-order valence-electron chi connectivity index (χ0n) is 16.8. The van der Waals surface area contributed by atoms with E-state index < -0.39 is 0 Å². The summed E-state index contributed by atoms with van der Waals surface area (Å²) in [5.74, 6) is 0.327. The fourth-order valence-corrected chi connectivity index (χ4v) is 2.79. The summed E-state index contributed by atoms with van der Waals surface area (Å²) in [4.78, 5) is 29.1. The van der Waals surface area contributed by atoms with Crippen LogP contribution in [0.25, 0.3) is 0 Å². The summed E-state index contributed by atoms with van der Waals surface area (Å²) in [7, 11) is 0. The number of nitrogens with one attached hydrogen (secondary N) is 2. The molecule has 0 atom stereocenters. The second-order valence-electron chi connectivity index (χ2n) is 7.55. The van der Waals surface area contributed by atoms with E-state index in [2.05, 4.69) is 43.3 Å². The number of nitrogens with zero attached hydrogens (tertiary/aromatic N) is 1. The highest BCUT2D eigenvalue weighted by atomic mass is 16.2. The van der Waals surface area contributed by atoms with Crippen molar-refractivity contribution in [2.75, 3.05) is 11.9 Å². The normalized spacial score (nSPS) is 10.9. The maximum Gasteiger partial charge on any atom is 0.257 e. The van der Waals surface area contributed by atoms with Gasteiger partial charge in [-0.05, 0) is 42.4 Å². The zero-order chi connectivity index (χ0) is 20.0. The lowest BCUT2D eigenvalue weighted by Gasteiger charge is -2.16. The number of carbonyl (C=O) groups is 2. The molecular weight excluding hydrogens is 338 g/mol. The molecule has 144 valence electrons. The van der Waals surface area contributed by atoms with Crippen LogP contribution in [0.15, 0.2) is 36.7 Å². The van der Waals surface area contributed by atoms with Gasteiger partial charge in [-0.2, -0.15) is 0 Å². The van der Waals surface area contributed by atoms with E-state index in [1.54, 1.807) is 6.07 Å². The van der Waals surface area contributed by atoms with Crippen LogP contribution in [-0.4, -0.2) is 23.3 Å². The highest BCUT2D eigenvalue weighted by molar-refractivity contribution is 6.06. The van der Waals surface area contributed by atoms with Gasteiger partial charge in [0.1, 0.15) is 0 Å². The molecule has 2 rings (SSSR count). The van der Waals surface area contributed by atoms with Crippen LogP contribution in [-0.2, 0) is 0 Å². The molecular formula is C22H29N3O2. The molecule has 0 radical (unpaired) electrons. The van der Waals surface area contributed by atoms with E-state index in [4.69, 9.17) is 0 Å². The van der Waals surface area contributed by atoms with Gasteiger partial charge in [0.05, 0.1) is 11.1 Å². The lowest BCUT2D eigenvalue weighted by atomic mass is 9.98. The summed E-state index contributed by atoms with van der Waals surface area (Å²) >= 11 is 0. The van der Waals surface area contributed by atoms with Gasteiger partial charge in [-0.1, -0.05) is 45.9 Å².